The molecule has 9 nitrogen and oxygen atoms in total. The third-order valence-corrected chi connectivity index (χ3v) is 7.54. The second kappa shape index (κ2) is 12.3. The molecular weight excluding hydrogens is 532 g/mol. The van der Waals surface area contributed by atoms with Gasteiger partial charge >= 0.3 is 11.9 Å². The smallest absolute Gasteiger partial charge is 0.350 e. The van der Waals surface area contributed by atoms with Crippen LogP contribution in [0.5, 0.6) is 11.5 Å². The molecule has 0 aliphatic carbocycles. The molecule has 40 heavy (non-hydrogen) atoms. The van der Waals surface area contributed by atoms with Crippen LogP contribution >= 0.6 is 11.3 Å². The van der Waals surface area contributed by atoms with E-state index in [-0.39, 0.29) is 21.3 Å². The second-order valence-electron chi connectivity index (χ2n) is 9.31. The van der Waals surface area contributed by atoms with Crippen LogP contribution in [0.3, 0.4) is 0 Å². The summed E-state index contributed by atoms with van der Waals surface area (Å²) in [5.41, 5.74) is 1.94. The minimum atomic E-state index is -0.994. The van der Waals surface area contributed by atoms with E-state index in [0.717, 1.165) is 24.2 Å². The number of aliphatic hydroxyl groups excluding tert-OH is 1. The molecule has 0 unspecified atom stereocenters. The molecule has 10 heteroatoms. The van der Waals surface area contributed by atoms with Gasteiger partial charge in [0, 0.05) is 5.56 Å². The van der Waals surface area contributed by atoms with Crippen LogP contribution in [0.25, 0.3) is 5.76 Å². The van der Waals surface area contributed by atoms with Crippen molar-refractivity contribution >= 4 is 39.9 Å². The van der Waals surface area contributed by atoms with E-state index in [9.17, 15) is 19.5 Å². The second-order valence-corrected chi connectivity index (χ2v) is 10.3. The van der Waals surface area contributed by atoms with Gasteiger partial charge in [-0.15, -0.1) is 0 Å². The van der Waals surface area contributed by atoms with Gasteiger partial charge in [-0.3, -0.25) is 14.5 Å². The van der Waals surface area contributed by atoms with Gasteiger partial charge in [-0.05, 0) is 68.1 Å². The summed E-state index contributed by atoms with van der Waals surface area (Å²) >= 11 is 0.952. The summed E-state index contributed by atoms with van der Waals surface area (Å²) in [6.45, 7) is 8.53. The molecule has 0 radical (unpaired) electrons. The number of anilines is 1. The predicted octanol–water partition coefficient (Wildman–Crippen LogP) is 5.75. The molecule has 4 rings (SSSR count). The molecule has 1 saturated heterocycles. The Labute approximate surface area is 237 Å². The number of esters is 1. The molecule has 0 saturated carbocycles. The van der Waals surface area contributed by atoms with Crippen LogP contribution in [0.4, 0.5) is 5.13 Å². The molecule has 210 valence electrons. The van der Waals surface area contributed by atoms with Gasteiger partial charge in [-0.25, -0.2) is 9.78 Å². The number of carbonyl (C=O) groups is 3. The van der Waals surface area contributed by atoms with E-state index < -0.39 is 23.7 Å². The maximum absolute atomic E-state index is 13.5. The van der Waals surface area contributed by atoms with Crippen molar-refractivity contribution in [3.8, 4) is 11.5 Å². The Morgan fingerprint density at radius 3 is 2.23 bits per heavy atom. The number of ether oxygens (including phenoxy) is 3. The summed E-state index contributed by atoms with van der Waals surface area (Å²) < 4.78 is 16.2. The average Bonchev–Trinajstić information content (AvgIpc) is 3.46. The monoisotopic (exact) mass is 564 g/mol. The van der Waals surface area contributed by atoms with Gasteiger partial charge in [0.25, 0.3) is 5.78 Å². The molecule has 1 N–H and O–H groups in total. The largest absolute Gasteiger partial charge is 0.507 e. The first-order valence-electron chi connectivity index (χ1n) is 13.0. The van der Waals surface area contributed by atoms with Gasteiger partial charge in [0.1, 0.15) is 22.1 Å². The normalized spacial score (nSPS) is 16.3. The summed E-state index contributed by atoms with van der Waals surface area (Å²) in [4.78, 5) is 45.2. The zero-order valence-corrected chi connectivity index (χ0v) is 24.0. The van der Waals surface area contributed by atoms with Crippen molar-refractivity contribution in [1.29, 1.82) is 0 Å². The van der Waals surface area contributed by atoms with E-state index in [1.807, 2.05) is 13.8 Å². The number of nitrogens with zero attached hydrogens (tertiary/aromatic N) is 2. The van der Waals surface area contributed by atoms with Gasteiger partial charge < -0.3 is 19.3 Å². The van der Waals surface area contributed by atoms with E-state index in [1.54, 1.807) is 56.3 Å². The first-order chi connectivity index (χ1) is 19.2. The number of aromatic nitrogens is 1. The molecule has 1 aliphatic heterocycles. The Kier molecular flexibility index (Phi) is 8.89. The third-order valence-electron chi connectivity index (χ3n) is 6.40. The van der Waals surface area contributed by atoms with E-state index >= 15 is 0 Å². The summed E-state index contributed by atoms with van der Waals surface area (Å²) in [5, 5.41) is 11.7. The van der Waals surface area contributed by atoms with Gasteiger partial charge in [0.2, 0.25) is 0 Å². The molecule has 1 fully saturated rings. The number of hydrogen-bond donors (Lipinski definition) is 1. The number of ketones is 1. The zero-order valence-electron chi connectivity index (χ0n) is 23.1. The highest BCUT2D eigenvalue weighted by Crippen LogP contribution is 2.44. The Hall–Kier alpha value is -4.18. The maximum Gasteiger partial charge on any atom is 0.350 e. The Morgan fingerprint density at radius 1 is 1.00 bits per heavy atom. The molecule has 1 aromatic heterocycles. The number of hydrogen-bond acceptors (Lipinski definition) is 9. The Bertz CT molecular complexity index is 1460. The molecule has 1 amide bonds. The fraction of sp³-hybridized carbons (Fsp3) is 0.333. The van der Waals surface area contributed by atoms with Crippen molar-refractivity contribution in [2.45, 2.75) is 46.6 Å². The molecular formula is C30H32N2O7S. The lowest BCUT2D eigenvalue weighted by Crippen LogP contribution is -2.29. The number of aryl methyl sites for hydroxylation is 2. The van der Waals surface area contributed by atoms with Gasteiger partial charge in [-0.2, -0.15) is 0 Å². The number of Topliss-reactive ketones (excluding diaryl/α,β-unsaturated/α-hetero) is 1. The minimum absolute atomic E-state index is 0.0787. The number of benzene rings is 2. The predicted molar refractivity (Wildman–Crippen MR) is 152 cm³/mol. The summed E-state index contributed by atoms with van der Waals surface area (Å²) in [6.07, 6.45) is 1.69. The molecule has 1 aliphatic rings. The number of carbonyl (C=O) groups excluding carboxylic acids is 3. The van der Waals surface area contributed by atoms with Gasteiger partial charge in [0.15, 0.2) is 5.13 Å². The van der Waals surface area contributed by atoms with Crippen LogP contribution in [0.2, 0.25) is 0 Å². The van der Waals surface area contributed by atoms with Gasteiger partial charge in [0.05, 0.1) is 37.6 Å². The Balaban J connectivity index is 1.86. The first kappa shape index (κ1) is 28.8. The van der Waals surface area contributed by atoms with Crippen LogP contribution < -0.4 is 14.4 Å². The maximum atomic E-state index is 13.5. The van der Waals surface area contributed by atoms with E-state index in [1.165, 1.54) is 12.0 Å². The molecule has 0 bridgehead atoms. The van der Waals surface area contributed by atoms with Crippen molar-refractivity contribution in [2.75, 3.05) is 25.2 Å². The van der Waals surface area contributed by atoms with Gasteiger partial charge in [-0.1, -0.05) is 37.3 Å². The quantitative estimate of drug-likeness (QED) is 0.143. The van der Waals surface area contributed by atoms with Crippen molar-refractivity contribution in [3.05, 3.63) is 75.3 Å². The highest BCUT2D eigenvalue weighted by atomic mass is 32.1. The molecule has 1 atom stereocenters. The number of amides is 1. The lowest BCUT2D eigenvalue weighted by Gasteiger charge is -2.23. The topological polar surface area (TPSA) is 115 Å². The van der Waals surface area contributed by atoms with Crippen LogP contribution in [0, 0.1) is 13.8 Å². The number of rotatable bonds is 10. The molecule has 2 heterocycles. The number of thiazole rings is 1. The zero-order chi connectivity index (χ0) is 29.0. The van der Waals surface area contributed by atoms with Crippen molar-refractivity contribution in [3.63, 3.8) is 0 Å². The summed E-state index contributed by atoms with van der Waals surface area (Å²) in [6, 6.07) is 11.2. The highest BCUT2D eigenvalue weighted by molar-refractivity contribution is 7.17. The van der Waals surface area contributed by atoms with E-state index in [2.05, 4.69) is 4.98 Å². The number of methoxy groups -OCH3 is 1. The fourth-order valence-electron chi connectivity index (χ4n) is 4.44. The van der Waals surface area contributed by atoms with Crippen LogP contribution in [-0.2, 0) is 14.3 Å². The van der Waals surface area contributed by atoms with Crippen molar-refractivity contribution in [2.24, 2.45) is 0 Å². The standard InChI is InChI=1S/C30H32N2O7S/c1-6-14-38-20-10-8-19(9-11-20)24-23(25(33)22-13-12-21(16-17(22)3)39-15-7-2)26(34)28(35)32(24)30-31-18(4)27(40-30)29(36)37-5/h8-13,16,24,33H,6-7,14-15H2,1-5H3/t24-/m1/s1. The third kappa shape index (κ3) is 5.58. The van der Waals surface area contributed by atoms with E-state index in [4.69, 9.17) is 14.2 Å². The molecule has 3 aromatic rings. The minimum Gasteiger partial charge on any atom is -0.507 e. The van der Waals surface area contributed by atoms with Crippen LogP contribution in [-0.4, -0.2) is 48.1 Å². The van der Waals surface area contributed by atoms with Crippen LogP contribution in [0.1, 0.15) is 64.8 Å². The lowest BCUT2D eigenvalue weighted by atomic mass is 9.94. The Morgan fingerprint density at radius 2 is 1.62 bits per heavy atom. The summed E-state index contributed by atoms with van der Waals surface area (Å²) in [5.74, 6) is -1.33. The first-order valence-corrected chi connectivity index (χ1v) is 13.9. The van der Waals surface area contributed by atoms with Crippen molar-refractivity contribution < 1.29 is 33.7 Å². The average molecular weight is 565 g/mol. The molecule has 0 spiro atoms. The fourth-order valence-corrected chi connectivity index (χ4v) is 5.45. The lowest BCUT2D eigenvalue weighted by molar-refractivity contribution is -0.132. The van der Waals surface area contributed by atoms with Crippen molar-refractivity contribution in [1.82, 2.24) is 4.98 Å². The van der Waals surface area contributed by atoms with E-state index in [0.29, 0.717) is 47.1 Å². The number of aliphatic hydroxyl groups is 1. The highest BCUT2D eigenvalue weighted by Gasteiger charge is 2.48. The summed E-state index contributed by atoms with van der Waals surface area (Å²) in [7, 11) is 1.26. The SMILES string of the molecule is CCCOc1ccc([C@@H]2C(=C(O)c3ccc(OCCC)cc3C)C(=O)C(=O)N2c2nc(C)c(C(=O)OC)s2)cc1. The molecule has 2 aromatic carbocycles. The van der Waals surface area contributed by atoms with Crippen LogP contribution in [0.15, 0.2) is 48.0 Å².